The Labute approximate surface area is 125 Å². The summed E-state index contributed by atoms with van der Waals surface area (Å²) in [6, 6.07) is 10.5. The second-order valence-corrected chi connectivity index (χ2v) is 6.36. The van der Waals surface area contributed by atoms with E-state index in [1.165, 1.54) is 17.8 Å². The van der Waals surface area contributed by atoms with Gasteiger partial charge in [0.15, 0.2) is 0 Å². The number of hydrogen-bond donors (Lipinski definition) is 2. The molecular weight excluding hydrogens is 286 g/mol. The fourth-order valence-electron chi connectivity index (χ4n) is 2.06. The van der Waals surface area contributed by atoms with E-state index in [4.69, 9.17) is 5.73 Å². The molecule has 0 saturated carbocycles. The molecule has 0 unspecified atom stereocenters. The molecule has 6 heteroatoms. The van der Waals surface area contributed by atoms with Crippen molar-refractivity contribution >= 4 is 15.7 Å². The maximum Gasteiger partial charge on any atom is 0.263 e. The van der Waals surface area contributed by atoms with Crippen molar-refractivity contribution in [3.8, 4) is 0 Å². The molecule has 2 rings (SSSR count). The van der Waals surface area contributed by atoms with Crippen LogP contribution in [0.15, 0.2) is 47.5 Å². The Hall–Kier alpha value is -1.92. The number of nitrogens with one attached hydrogen (secondary N) is 1. The third-order valence-corrected chi connectivity index (χ3v) is 4.53. The maximum absolute atomic E-state index is 12.4. The number of nitrogens with zero attached hydrogens (tertiary/aromatic N) is 1. The summed E-state index contributed by atoms with van der Waals surface area (Å²) in [5, 5.41) is 0. The zero-order chi connectivity index (χ0) is 15.3. The summed E-state index contributed by atoms with van der Waals surface area (Å²) in [6.45, 7) is 2.18. The van der Waals surface area contributed by atoms with Crippen LogP contribution >= 0.6 is 0 Å². The Bertz CT molecular complexity index is 697. The summed E-state index contributed by atoms with van der Waals surface area (Å²) >= 11 is 0. The number of aryl methyl sites for hydroxylation is 1. The molecular formula is C15H19N3O2S. The van der Waals surface area contributed by atoms with Crippen LogP contribution in [0.2, 0.25) is 0 Å². The number of nitrogens with two attached hydrogens (primary N) is 1. The minimum Gasteiger partial charge on any atom is -0.325 e. The number of hydrogen-bond acceptors (Lipinski definition) is 4. The lowest BCUT2D eigenvalue weighted by Gasteiger charge is -2.11. The number of pyridine rings is 1. The van der Waals surface area contributed by atoms with E-state index >= 15 is 0 Å². The van der Waals surface area contributed by atoms with Gasteiger partial charge in [-0.1, -0.05) is 25.5 Å². The number of rotatable bonds is 6. The van der Waals surface area contributed by atoms with Crippen LogP contribution in [-0.2, 0) is 23.0 Å². The molecule has 0 aliphatic heterocycles. The van der Waals surface area contributed by atoms with E-state index in [2.05, 4.69) is 16.6 Å². The number of aromatic nitrogens is 1. The Morgan fingerprint density at radius 2 is 1.90 bits per heavy atom. The maximum atomic E-state index is 12.4. The van der Waals surface area contributed by atoms with E-state index in [0.717, 1.165) is 12.8 Å². The van der Waals surface area contributed by atoms with Gasteiger partial charge in [0.25, 0.3) is 10.0 Å². The molecule has 5 nitrogen and oxygen atoms in total. The smallest absolute Gasteiger partial charge is 0.263 e. The van der Waals surface area contributed by atoms with Crippen molar-refractivity contribution in [1.82, 2.24) is 4.98 Å². The highest BCUT2D eigenvalue weighted by molar-refractivity contribution is 7.92. The van der Waals surface area contributed by atoms with Gasteiger partial charge in [0.1, 0.15) is 4.90 Å². The molecule has 0 aliphatic carbocycles. The van der Waals surface area contributed by atoms with Gasteiger partial charge in [-0.15, -0.1) is 0 Å². The van der Waals surface area contributed by atoms with E-state index in [1.54, 1.807) is 18.2 Å². The molecule has 2 aromatic rings. The number of benzene rings is 1. The average Bonchev–Trinajstić information content (AvgIpc) is 2.49. The molecule has 0 bridgehead atoms. The highest BCUT2D eigenvalue weighted by atomic mass is 32.2. The predicted molar refractivity (Wildman–Crippen MR) is 83.4 cm³/mol. The number of anilines is 1. The standard InChI is InChI=1S/C15H19N3O2S/c1-2-4-12-6-8-13(9-7-12)18-21(19,20)15-5-3-10-17-14(15)11-16/h3,5-10,18H,2,4,11,16H2,1H3. The summed E-state index contributed by atoms with van der Waals surface area (Å²) in [6.07, 6.45) is 3.56. The van der Waals surface area contributed by atoms with Gasteiger partial charge in [-0.3, -0.25) is 9.71 Å². The monoisotopic (exact) mass is 305 g/mol. The predicted octanol–water partition coefficient (Wildman–Crippen LogP) is 2.29. The topological polar surface area (TPSA) is 85.1 Å². The average molecular weight is 305 g/mol. The Morgan fingerprint density at radius 3 is 2.52 bits per heavy atom. The SMILES string of the molecule is CCCc1ccc(NS(=O)(=O)c2cccnc2CN)cc1. The fourth-order valence-corrected chi connectivity index (χ4v) is 3.32. The fraction of sp³-hybridized carbons (Fsp3) is 0.267. The molecule has 0 fully saturated rings. The lowest BCUT2D eigenvalue weighted by molar-refractivity contribution is 0.599. The molecule has 0 aliphatic rings. The van der Waals surface area contributed by atoms with Gasteiger partial charge in [-0.25, -0.2) is 8.42 Å². The summed E-state index contributed by atoms with van der Waals surface area (Å²) in [4.78, 5) is 4.12. The van der Waals surface area contributed by atoms with Crippen molar-refractivity contribution in [2.24, 2.45) is 5.73 Å². The molecule has 21 heavy (non-hydrogen) atoms. The summed E-state index contributed by atoms with van der Waals surface area (Å²) in [5.74, 6) is 0. The van der Waals surface area contributed by atoms with Crippen LogP contribution in [0.4, 0.5) is 5.69 Å². The van der Waals surface area contributed by atoms with Crippen molar-refractivity contribution in [1.29, 1.82) is 0 Å². The first-order valence-corrected chi connectivity index (χ1v) is 8.31. The van der Waals surface area contributed by atoms with Crippen molar-refractivity contribution < 1.29 is 8.42 Å². The molecule has 1 heterocycles. The molecule has 0 spiro atoms. The van der Waals surface area contributed by atoms with Crippen LogP contribution in [0, 0.1) is 0 Å². The van der Waals surface area contributed by atoms with Gasteiger partial charge in [0, 0.05) is 18.4 Å². The molecule has 112 valence electrons. The van der Waals surface area contributed by atoms with Crippen molar-refractivity contribution in [3.63, 3.8) is 0 Å². The van der Waals surface area contributed by atoms with E-state index in [9.17, 15) is 8.42 Å². The first kappa shape index (κ1) is 15.5. The lowest BCUT2D eigenvalue weighted by atomic mass is 10.1. The molecule has 0 amide bonds. The normalized spacial score (nSPS) is 11.3. The van der Waals surface area contributed by atoms with Gasteiger partial charge in [0.05, 0.1) is 5.69 Å². The van der Waals surface area contributed by atoms with Crippen molar-refractivity contribution in [2.75, 3.05) is 4.72 Å². The van der Waals surface area contributed by atoms with E-state index in [1.807, 2.05) is 12.1 Å². The Balaban J connectivity index is 2.24. The van der Waals surface area contributed by atoms with Crippen LogP contribution in [0.3, 0.4) is 0 Å². The third kappa shape index (κ3) is 3.80. The largest absolute Gasteiger partial charge is 0.325 e. The quantitative estimate of drug-likeness (QED) is 0.857. The molecule has 1 aromatic heterocycles. The molecule has 0 saturated heterocycles. The second-order valence-electron chi connectivity index (χ2n) is 4.70. The highest BCUT2D eigenvalue weighted by Gasteiger charge is 2.18. The van der Waals surface area contributed by atoms with Gasteiger partial charge in [-0.05, 0) is 36.2 Å². The van der Waals surface area contributed by atoms with Crippen molar-refractivity contribution in [2.45, 2.75) is 31.2 Å². The summed E-state index contributed by atoms with van der Waals surface area (Å²) in [7, 11) is -3.67. The molecule has 3 N–H and O–H groups in total. The zero-order valence-corrected chi connectivity index (χ0v) is 12.7. The van der Waals surface area contributed by atoms with Crippen LogP contribution in [0.1, 0.15) is 24.6 Å². The minimum atomic E-state index is -3.67. The van der Waals surface area contributed by atoms with Gasteiger partial charge >= 0.3 is 0 Å². The highest BCUT2D eigenvalue weighted by Crippen LogP contribution is 2.18. The van der Waals surface area contributed by atoms with Crippen molar-refractivity contribution in [3.05, 3.63) is 53.9 Å². The van der Waals surface area contributed by atoms with Crippen LogP contribution in [-0.4, -0.2) is 13.4 Å². The van der Waals surface area contributed by atoms with Crippen LogP contribution in [0.25, 0.3) is 0 Å². The Kier molecular flexibility index (Phi) is 4.93. The van der Waals surface area contributed by atoms with Gasteiger partial charge < -0.3 is 5.73 Å². The van der Waals surface area contributed by atoms with Gasteiger partial charge in [-0.2, -0.15) is 0 Å². The van der Waals surface area contributed by atoms with Crippen LogP contribution < -0.4 is 10.5 Å². The molecule has 0 atom stereocenters. The van der Waals surface area contributed by atoms with E-state index in [0.29, 0.717) is 11.4 Å². The summed E-state index contributed by atoms with van der Waals surface area (Å²) < 4.78 is 27.3. The molecule has 0 radical (unpaired) electrons. The zero-order valence-electron chi connectivity index (χ0n) is 11.9. The first-order valence-electron chi connectivity index (χ1n) is 6.82. The molecule has 1 aromatic carbocycles. The third-order valence-electron chi connectivity index (χ3n) is 3.08. The summed E-state index contributed by atoms with van der Waals surface area (Å²) in [5.41, 5.74) is 7.61. The lowest BCUT2D eigenvalue weighted by Crippen LogP contribution is -2.17. The van der Waals surface area contributed by atoms with E-state index < -0.39 is 10.0 Å². The van der Waals surface area contributed by atoms with Gasteiger partial charge in [0.2, 0.25) is 0 Å². The number of sulfonamides is 1. The minimum absolute atomic E-state index is 0.0759. The Morgan fingerprint density at radius 1 is 1.19 bits per heavy atom. The van der Waals surface area contributed by atoms with Crippen LogP contribution in [0.5, 0.6) is 0 Å². The first-order chi connectivity index (χ1) is 10.1. The second kappa shape index (κ2) is 6.69. The van der Waals surface area contributed by atoms with E-state index in [-0.39, 0.29) is 11.4 Å².